The average molecular weight is 206 g/mol. The molecule has 1 atom stereocenters. The highest BCUT2D eigenvalue weighted by atomic mass is 32.2. The predicted octanol–water partition coefficient (Wildman–Crippen LogP) is 0.234. The van der Waals surface area contributed by atoms with E-state index in [1.54, 1.807) is 11.8 Å². The van der Waals surface area contributed by atoms with Crippen LogP contribution in [-0.4, -0.2) is 39.5 Å². The lowest BCUT2D eigenvalue weighted by molar-refractivity contribution is -0.137. The summed E-state index contributed by atoms with van der Waals surface area (Å²) in [6.07, 6.45) is 0. The molecule has 0 radical (unpaired) electrons. The van der Waals surface area contributed by atoms with E-state index >= 15 is 0 Å². The van der Waals surface area contributed by atoms with Crippen LogP contribution >= 0.6 is 23.5 Å². The zero-order valence-corrected chi connectivity index (χ0v) is 8.03. The van der Waals surface area contributed by atoms with Crippen molar-refractivity contribution in [3.05, 3.63) is 0 Å². The van der Waals surface area contributed by atoms with Crippen molar-refractivity contribution in [3.8, 4) is 0 Å². The number of carboxylic acids is 1. The highest BCUT2D eigenvalue weighted by Gasteiger charge is 2.14. The number of aliphatic imine (C=N–C) groups is 1. The Balaban J connectivity index is 2.20. The number of nitrogens with zero attached hydrogens (tertiary/aromatic N) is 1. The Morgan fingerprint density at radius 2 is 2.67 bits per heavy atom. The van der Waals surface area contributed by atoms with E-state index in [1.165, 1.54) is 11.8 Å². The van der Waals surface area contributed by atoms with Gasteiger partial charge < -0.3 is 10.8 Å². The minimum absolute atomic E-state index is 0.404. The van der Waals surface area contributed by atoms with E-state index in [0.29, 0.717) is 5.75 Å². The van der Waals surface area contributed by atoms with Gasteiger partial charge in [-0.15, -0.1) is 0 Å². The Labute approximate surface area is 79.0 Å². The summed E-state index contributed by atoms with van der Waals surface area (Å²) in [6.45, 7) is 0.843. The van der Waals surface area contributed by atoms with Gasteiger partial charge in [-0.1, -0.05) is 23.5 Å². The van der Waals surface area contributed by atoms with Crippen LogP contribution in [0.2, 0.25) is 0 Å². The molecule has 4 nitrogen and oxygen atoms in total. The van der Waals surface area contributed by atoms with Crippen molar-refractivity contribution in [2.24, 2.45) is 10.7 Å². The van der Waals surface area contributed by atoms with E-state index in [2.05, 4.69) is 4.99 Å². The summed E-state index contributed by atoms with van der Waals surface area (Å²) in [7, 11) is 0. The molecule has 6 heteroatoms. The summed E-state index contributed by atoms with van der Waals surface area (Å²) < 4.78 is 0.965. The third-order valence-electron chi connectivity index (χ3n) is 1.26. The summed E-state index contributed by atoms with van der Waals surface area (Å²) in [5.41, 5.74) is 5.31. The third-order valence-corrected chi connectivity index (χ3v) is 3.63. The molecule has 1 aliphatic heterocycles. The van der Waals surface area contributed by atoms with Gasteiger partial charge in [-0.25, -0.2) is 0 Å². The first kappa shape index (κ1) is 9.88. The summed E-state index contributed by atoms with van der Waals surface area (Å²) >= 11 is 3.09. The molecule has 0 bridgehead atoms. The minimum atomic E-state index is -0.953. The predicted molar refractivity (Wildman–Crippen MR) is 52.8 cm³/mol. The SMILES string of the molecule is N[C@@H](CSC1=NCCS1)C(=O)O. The van der Waals surface area contributed by atoms with Crippen LogP contribution in [-0.2, 0) is 4.79 Å². The van der Waals surface area contributed by atoms with E-state index in [4.69, 9.17) is 10.8 Å². The molecule has 0 aromatic carbocycles. The minimum Gasteiger partial charge on any atom is -0.480 e. The Hall–Kier alpha value is -0.200. The number of aliphatic carboxylic acids is 1. The first-order valence-electron chi connectivity index (χ1n) is 3.48. The highest BCUT2D eigenvalue weighted by molar-refractivity contribution is 8.39. The van der Waals surface area contributed by atoms with Crippen molar-refractivity contribution in [2.75, 3.05) is 18.1 Å². The maximum absolute atomic E-state index is 10.3. The summed E-state index contributed by atoms with van der Waals surface area (Å²) in [5, 5.41) is 8.47. The third kappa shape index (κ3) is 3.04. The first-order valence-corrected chi connectivity index (χ1v) is 5.45. The molecule has 0 aliphatic carbocycles. The van der Waals surface area contributed by atoms with Gasteiger partial charge in [0.1, 0.15) is 10.4 Å². The number of rotatable bonds is 3. The van der Waals surface area contributed by atoms with Gasteiger partial charge in [-0.3, -0.25) is 9.79 Å². The molecule has 0 fully saturated rings. The van der Waals surface area contributed by atoms with E-state index in [9.17, 15) is 4.79 Å². The normalized spacial score (nSPS) is 18.9. The molecule has 0 aromatic rings. The van der Waals surface area contributed by atoms with Gasteiger partial charge in [-0.05, 0) is 0 Å². The number of nitrogens with two attached hydrogens (primary N) is 1. The second-order valence-corrected chi connectivity index (χ2v) is 4.60. The number of thioether (sulfide) groups is 2. The summed E-state index contributed by atoms with van der Waals surface area (Å²) in [6, 6.07) is -0.779. The van der Waals surface area contributed by atoms with Crippen molar-refractivity contribution >= 4 is 33.9 Å². The lowest BCUT2D eigenvalue weighted by Gasteiger charge is -2.04. The van der Waals surface area contributed by atoms with Gasteiger partial charge in [0.05, 0.1) is 6.54 Å². The van der Waals surface area contributed by atoms with Crippen LogP contribution in [0.25, 0.3) is 0 Å². The monoisotopic (exact) mass is 206 g/mol. The van der Waals surface area contributed by atoms with Crippen LogP contribution < -0.4 is 5.73 Å². The fourth-order valence-corrected chi connectivity index (χ4v) is 2.61. The van der Waals surface area contributed by atoms with Gasteiger partial charge in [0, 0.05) is 11.5 Å². The number of hydrogen-bond acceptors (Lipinski definition) is 5. The zero-order chi connectivity index (χ0) is 8.97. The maximum Gasteiger partial charge on any atom is 0.321 e. The Bertz CT molecular complexity index is 208. The topological polar surface area (TPSA) is 75.7 Å². The first-order chi connectivity index (χ1) is 5.70. The van der Waals surface area contributed by atoms with Crippen LogP contribution in [0.1, 0.15) is 0 Å². The second kappa shape index (κ2) is 4.74. The Morgan fingerprint density at radius 3 is 3.17 bits per heavy atom. The molecule has 0 saturated carbocycles. The summed E-state index contributed by atoms with van der Waals surface area (Å²) in [4.78, 5) is 14.5. The van der Waals surface area contributed by atoms with Crippen molar-refractivity contribution < 1.29 is 9.90 Å². The van der Waals surface area contributed by atoms with Crippen molar-refractivity contribution in [1.82, 2.24) is 0 Å². The zero-order valence-electron chi connectivity index (χ0n) is 6.40. The molecule has 0 spiro atoms. The quantitative estimate of drug-likeness (QED) is 0.691. The van der Waals surface area contributed by atoms with E-state index in [-0.39, 0.29) is 0 Å². The van der Waals surface area contributed by atoms with Gasteiger partial charge >= 0.3 is 5.97 Å². The molecule has 0 aromatic heterocycles. The van der Waals surface area contributed by atoms with Crippen molar-refractivity contribution in [3.63, 3.8) is 0 Å². The largest absolute Gasteiger partial charge is 0.480 e. The highest BCUT2D eigenvalue weighted by Crippen LogP contribution is 2.22. The van der Waals surface area contributed by atoms with Crippen LogP contribution in [0.3, 0.4) is 0 Å². The van der Waals surface area contributed by atoms with Crippen LogP contribution in [0.4, 0.5) is 0 Å². The molecule has 1 rings (SSSR count). The molecule has 68 valence electrons. The molecule has 0 amide bonds. The van der Waals surface area contributed by atoms with Gasteiger partial charge in [-0.2, -0.15) is 0 Å². The number of hydrogen-bond donors (Lipinski definition) is 2. The molecule has 1 heterocycles. The smallest absolute Gasteiger partial charge is 0.321 e. The van der Waals surface area contributed by atoms with E-state index < -0.39 is 12.0 Å². The van der Waals surface area contributed by atoms with Gasteiger partial charge in [0.2, 0.25) is 0 Å². The maximum atomic E-state index is 10.3. The van der Waals surface area contributed by atoms with Crippen molar-refractivity contribution in [2.45, 2.75) is 6.04 Å². The van der Waals surface area contributed by atoms with E-state index in [1.807, 2.05) is 0 Å². The molecule has 0 unspecified atom stereocenters. The average Bonchev–Trinajstić information content (AvgIpc) is 2.51. The van der Waals surface area contributed by atoms with Crippen molar-refractivity contribution in [1.29, 1.82) is 0 Å². The lowest BCUT2D eigenvalue weighted by atomic mass is 10.4. The van der Waals surface area contributed by atoms with Gasteiger partial charge in [0.15, 0.2) is 0 Å². The van der Waals surface area contributed by atoms with Crippen LogP contribution in [0.5, 0.6) is 0 Å². The Morgan fingerprint density at radius 1 is 1.92 bits per heavy atom. The summed E-state index contributed by atoms with van der Waals surface area (Å²) in [5.74, 6) is 0.456. The molecule has 1 aliphatic rings. The molecule has 3 N–H and O–H groups in total. The Kier molecular flexibility index (Phi) is 3.90. The molecule has 12 heavy (non-hydrogen) atoms. The fraction of sp³-hybridized carbons (Fsp3) is 0.667. The number of carbonyl (C=O) groups is 1. The molecule has 0 saturated heterocycles. The molecular weight excluding hydrogens is 196 g/mol. The van der Waals surface area contributed by atoms with Crippen LogP contribution in [0.15, 0.2) is 4.99 Å². The van der Waals surface area contributed by atoms with Crippen LogP contribution in [0, 0.1) is 0 Å². The lowest BCUT2D eigenvalue weighted by Crippen LogP contribution is -2.32. The standard InChI is InChI=1S/C6H10N2O2S2/c7-4(5(9)10)3-12-6-8-1-2-11-6/h4H,1-3,7H2,(H,9,10)/t4-/m0/s1. The van der Waals surface area contributed by atoms with E-state index in [0.717, 1.165) is 16.7 Å². The number of carboxylic acid groups (broad SMARTS) is 1. The fourth-order valence-electron chi connectivity index (χ4n) is 0.635. The van der Waals surface area contributed by atoms with Gasteiger partial charge in [0.25, 0.3) is 0 Å². The second-order valence-electron chi connectivity index (χ2n) is 2.25. The molecular formula is C6H10N2O2S2.